The number of ether oxygens (including phenoxy) is 2. The molecular formula is C21H28FN3O3. The zero-order valence-electron chi connectivity index (χ0n) is 16.4. The lowest BCUT2D eigenvalue weighted by atomic mass is 10.1. The van der Waals surface area contributed by atoms with E-state index in [2.05, 4.69) is 15.2 Å². The first-order valence-corrected chi connectivity index (χ1v) is 9.62. The molecule has 2 aromatic rings. The van der Waals surface area contributed by atoms with Crippen LogP contribution < -0.4 is 5.32 Å². The number of aliphatic imine (C=N–C) groups is 1. The molecule has 1 N–H and O–H groups in total. The maximum absolute atomic E-state index is 13.2. The highest BCUT2D eigenvalue weighted by atomic mass is 19.1. The molecule has 1 aliphatic heterocycles. The minimum Gasteiger partial charge on any atom is -0.467 e. The summed E-state index contributed by atoms with van der Waals surface area (Å²) in [6, 6.07) is 10.3. The molecule has 1 fully saturated rings. The first-order chi connectivity index (χ1) is 13.7. The van der Waals surface area contributed by atoms with Crippen LogP contribution in [-0.2, 0) is 16.1 Å². The predicted octanol–water partition coefficient (Wildman–Crippen LogP) is 3.36. The zero-order chi connectivity index (χ0) is 19.8. The van der Waals surface area contributed by atoms with E-state index in [1.165, 1.54) is 12.1 Å². The van der Waals surface area contributed by atoms with Crippen LogP contribution in [0.4, 0.5) is 4.39 Å². The van der Waals surface area contributed by atoms with Crippen LogP contribution in [-0.4, -0.2) is 50.3 Å². The van der Waals surface area contributed by atoms with Crippen molar-refractivity contribution in [3.8, 4) is 0 Å². The van der Waals surface area contributed by atoms with Crippen molar-refractivity contribution in [1.82, 2.24) is 10.2 Å². The molecule has 2 unspecified atom stereocenters. The minimum absolute atomic E-state index is 0.0546. The number of hydrogen-bond donors (Lipinski definition) is 1. The summed E-state index contributed by atoms with van der Waals surface area (Å²) in [5.41, 5.74) is 0.972. The van der Waals surface area contributed by atoms with Crippen molar-refractivity contribution in [2.75, 3.05) is 33.3 Å². The van der Waals surface area contributed by atoms with Crippen LogP contribution in [0.3, 0.4) is 0 Å². The fourth-order valence-corrected chi connectivity index (χ4v) is 3.26. The molecule has 0 saturated carbocycles. The highest BCUT2D eigenvalue weighted by molar-refractivity contribution is 5.80. The molecule has 0 aliphatic carbocycles. The number of rotatable bonds is 7. The predicted molar refractivity (Wildman–Crippen MR) is 106 cm³/mol. The van der Waals surface area contributed by atoms with Crippen LogP contribution in [0.1, 0.15) is 30.8 Å². The van der Waals surface area contributed by atoms with Crippen molar-refractivity contribution in [3.63, 3.8) is 0 Å². The largest absolute Gasteiger partial charge is 0.467 e. The monoisotopic (exact) mass is 389 g/mol. The molecule has 0 spiro atoms. The van der Waals surface area contributed by atoms with Gasteiger partial charge < -0.3 is 24.1 Å². The van der Waals surface area contributed by atoms with Gasteiger partial charge in [-0.1, -0.05) is 12.1 Å². The van der Waals surface area contributed by atoms with Gasteiger partial charge in [-0.05, 0) is 43.2 Å². The molecule has 1 saturated heterocycles. The third-order valence-electron chi connectivity index (χ3n) is 4.59. The third-order valence-corrected chi connectivity index (χ3v) is 4.59. The molecule has 1 aliphatic rings. The minimum atomic E-state index is -0.240. The summed E-state index contributed by atoms with van der Waals surface area (Å²) < 4.78 is 30.1. The van der Waals surface area contributed by atoms with Gasteiger partial charge in [0.25, 0.3) is 0 Å². The molecule has 0 amide bonds. The lowest BCUT2D eigenvalue weighted by molar-refractivity contribution is -0.0605. The van der Waals surface area contributed by atoms with Crippen molar-refractivity contribution < 1.29 is 18.3 Å². The van der Waals surface area contributed by atoms with Crippen LogP contribution in [0, 0.1) is 5.82 Å². The van der Waals surface area contributed by atoms with Gasteiger partial charge in [0.1, 0.15) is 24.3 Å². The molecule has 0 radical (unpaired) electrons. The van der Waals surface area contributed by atoms with Crippen molar-refractivity contribution in [2.45, 2.75) is 32.2 Å². The van der Waals surface area contributed by atoms with Crippen LogP contribution in [0.15, 0.2) is 52.1 Å². The Hall–Kier alpha value is -2.38. The molecule has 7 heteroatoms. The Bertz CT molecular complexity index is 734. The van der Waals surface area contributed by atoms with E-state index in [0.717, 1.165) is 36.8 Å². The number of guanidine groups is 1. The second-order valence-electron chi connectivity index (χ2n) is 6.85. The third kappa shape index (κ3) is 5.81. The fourth-order valence-electron chi connectivity index (χ4n) is 3.26. The lowest BCUT2D eigenvalue weighted by Crippen LogP contribution is -2.50. The van der Waals surface area contributed by atoms with Gasteiger partial charge in [-0.3, -0.25) is 4.99 Å². The Labute approximate surface area is 165 Å². The Morgan fingerprint density at radius 3 is 2.82 bits per heavy atom. The van der Waals surface area contributed by atoms with Crippen molar-refractivity contribution >= 4 is 5.96 Å². The van der Waals surface area contributed by atoms with Gasteiger partial charge in [0.2, 0.25) is 0 Å². The average molecular weight is 389 g/mol. The SMILES string of the molecule is CN=C(NCCCOCc1ccco1)N1CC(C)OC(c2ccc(F)cc2)C1. The van der Waals surface area contributed by atoms with Gasteiger partial charge in [0.15, 0.2) is 5.96 Å². The standard InChI is InChI=1S/C21H28FN3O3/c1-16-13-25(14-20(28-16)17-6-8-18(22)9-7-17)21(23-2)24-10-4-11-26-15-19-5-3-12-27-19/h3,5-9,12,16,20H,4,10-11,13-15H2,1-2H3,(H,23,24). The number of benzene rings is 1. The summed E-state index contributed by atoms with van der Waals surface area (Å²) in [6.45, 7) is 5.36. The number of nitrogens with zero attached hydrogens (tertiary/aromatic N) is 2. The summed E-state index contributed by atoms with van der Waals surface area (Å²) >= 11 is 0. The Balaban J connectivity index is 1.45. The molecular weight excluding hydrogens is 361 g/mol. The molecule has 152 valence electrons. The summed E-state index contributed by atoms with van der Waals surface area (Å²) in [5.74, 6) is 1.43. The van der Waals surface area contributed by atoms with E-state index in [4.69, 9.17) is 13.9 Å². The number of nitrogens with one attached hydrogen (secondary N) is 1. The number of morpholine rings is 1. The van der Waals surface area contributed by atoms with E-state index in [9.17, 15) is 4.39 Å². The Morgan fingerprint density at radius 2 is 2.11 bits per heavy atom. The van der Waals surface area contributed by atoms with E-state index in [1.807, 2.05) is 19.1 Å². The highest BCUT2D eigenvalue weighted by Crippen LogP contribution is 2.25. The van der Waals surface area contributed by atoms with Crippen molar-refractivity contribution in [3.05, 3.63) is 59.8 Å². The lowest BCUT2D eigenvalue weighted by Gasteiger charge is -2.38. The smallest absolute Gasteiger partial charge is 0.193 e. The van der Waals surface area contributed by atoms with E-state index in [1.54, 1.807) is 25.4 Å². The van der Waals surface area contributed by atoms with E-state index in [0.29, 0.717) is 19.8 Å². The van der Waals surface area contributed by atoms with E-state index < -0.39 is 0 Å². The first kappa shape index (κ1) is 20.4. The van der Waals surface area contributed by atoms with Crippen molar-refractivity contribution in [1.29, 1.82) is 0 Å². The maximum Gasteiger partial charge on any atom is 0.193 e. The normalized spacial score (nSPS) is 20.4. The molecule has 0 bridgehead atoms. The summed E-state index contributed by atoms with van der Waals surface area (Å²) in [4.78, 5) is 6.59. The van der Waals surface area contributed by atoms with Crippen LogP contribution >= 0.6 is 0 Å². The van der Waals surface area contributed by atoms with Gasteiger partial charge in [0.05, 0.1) is 18.9 Å². The molecule has 3 rings (SSSR count). The van der Waals surface area contributed by atoms with Gasteiger partial charge in [-0.25, -0.2) is 4.39 Å². The fraction of sp³-hybridized carbons (Fsp3) is 0.476. The second kappa shape index (κ2) is 10.2. The molecule has 6 nitrogen and oxygen atoms in total. The molecule has 1 aromatic heterocycles. The van der Waals surface area contributed by atoms with Crippen molar-refractivity contribution in [2.24, 2.45) is 4.99 Å². The molecule has 1 aromatic carbocycles. The van der Waals surface area contributed by atoms with E-state index in [-0.39, 0.29) is 18.0 Å². The topological polar surface area (TPSA) is 59.2 Å². The maximum atomic E-state index is 13.2. The Morgan fingerprint density at radius 1 is 1.29 bits per heavy atom. The van der Waals surface area contributed by atoms with Gasteiger partial charge in [-0.15, -0.1) is 0 Å². The summed E-state index contributed by atoms with van der Waals surface area (Å²) in [5, 5.41) is 3.39. The van der Waals surface area contributed by atoms with E-state index >= 15 is 0 Å². The average Bonchev–Trinajstić information content (AvgIpc) is 3.21. The second-order valence-corrected chi connectivity index (χ2v) is 6.85. The van der Waals surface area contributed by atoms with Crippen LogP contribution in [0.2, 0.25) is 0 Å². The van der Waals surface area contributed by atoms with Crippen LogP contribution in [0.5, 0.6) is 0 Å². The molecule has 2 heterocycles. The summed E-state index contributed by atoms with van der Waals surface area (Å²) in [6.07, 6.45) is 2.45. The van der Waals surface area contributed by atoms with Gasteiger partial charge in [-0.2, -0.15) is 0 Å². The summed E-state index contributed by atoms with van der Waals surface area (Å²) in [7, 11) is 1.78. The molecule has 2 atom stereocenters. The highest BCUT2D eigenvalue weighted by Gasteiger charge is 2.28. The zero-order valence-corrected chi connectivity index (χ0v) is 16.4. The Kier molecular flexibility index (Phi) is 7.45. The quantitative estimate of drug-likeness (QED) is 0.447. The number of halogens is 1. The molecule has 28 heavy (non-hydrogen) atoms. The van der Waals surface area contributed by atoms with Gasteiger partial charge >= 0.3 is 0 Å². The number of furan rings is 1. The first-order valence-electron chi connectivity index (χ1n) is 9.62. The van der Waals surface area contributed by atoms with Crippen LogP contribution in [0.25, 0.3) is 0 Å². The number of hydrogen-bond acceptors (Lipinski definition) is 4. The van der Waals surface area contributed by atoms with Gasteiger partial charge in [0, 0.05) is 26.7 Å².